The Morgan fingerprint density at radius 3 is 0.750 bits per heavy atom. The van der Waals surface area contributed by atoms with Crippen LogP contribution in [0.15, 0.2) is 0 Å². The van der Waals surface area contributed by atoms with E-state index >= 15 is 0 Å². The summed E-state index contributed by atoms with van der Waals surface area (Å²) in [6, 6.07) is 7.88. The first-order valence-corrected chi connectivity index (χ1v) is 7.62. The summed E-state index contributed by atoms with van der Waals surface area (Å²) in [5, 5.41) is 32.6. The molecule has 0 aromatic heterocycles. The fourth-order valence-electron chi connectivity index (χ4n) is 1.12. The zero-order valence-corrected chi connectivity index (χ0v) is 13.9. The molecule has 0 heterocycles. The topological polar surface area (TPSA) is 132 Å². The third-order valence-corrected chi connectivity index (χ3v) is 2.18. The van der Waals surface area contributed by atoms with Crippen molar-refractivity contribution in [1.29, 1.82) is 21.0 Å². The molecule has 132 valence electrons. The second kappa shape index (κ2) is 25.7. The fraction of sp³-hybridized carbons (Fsp3) is 0.750. The van der Waals surface area contributed by atoms with Crippen molar-refractivity contribution in [2.75, 3.05) is 52.9 Å². The van der Waals surface area contributed by atoms with Crippen LogP contribution >= 0.6 is 0 Å². The molecule has 0 saturated heterocycles. The van der Waals surface area contributed by atoms with Crippen molar-refractivity contribution in [2.24, 2.45) is 0 Å². The van der Waals surface area contributed by atoms with Gasteiger partial charge in [0.1, 0.15) is 0 Å². The molecule has 0 bridgehead atoms. The van der Waals surface area contributed by atoms with Gasteiger partial charge in [0.2, 0.25) is 0 Å². The molecule has 0 saturated carbocycles. The zero-order chi connectivity index (χ0) is 18.1. The molecular formula is C16H24N4O4. The summed E-state index contributed by atoms with van der Waals surface area (Å²) in [6.07, 6.45) is 1.66. The van der Waals surface area contributed by atoms with Gasteiger partial charge in [0.25, 0.3) is 0 Å². The molecule has 0 amide bonds. The van der Waals surface area contributed by atoms with Gasteiger partial charge in [0.05, 0.1) is 103 Å². The van der Waals surface area contributed by atoms with Gasteiger partial charge in [-0.3, -0.25) is 0 Å². The van der Waals surface area contributed by atoms with E-state index in [1.54, 1.807) is 0 Å². The number of nitriles is 4. The van der Waals surface area contributed by atoms with Crippen LogP contribution in [0.1, 0.15) is 25.7 Å². The van der Waals surface area contributed by atoms with E-state index in [1.807, 2.05) is 24.3 Å². The number of nitrogens with zero attached hydrogens (tertiary/aromatic N) is 4. The summed E-state index contributed by atoms with van der Waals surface area (Å²) in [6.45, 7) is 3.80. The largest absolute Gasteiger partial charge is 0.378 e. The molecule has 0 aromatic rings. The third kappa shape index (κ3) is 28.0. The Morgan fingerprint density at radius 1 is 0.375 bits per heavy atom. The first-order valence-electron chi connectivity index (χ1n) is 7.62. The van der Waals surface area contributed by atoms with Crippen LogP contribution < -0.4 is 0 Å². The normalized spacial score (nSPS) is 8.83. The Morgan fingerprint density at radius 2 is 0.583 bits per heavy atom. The van der Waals surface area contributed by atoms with E-state index in [0.717, 1.165) is 0 Å². The first kappa shape index (κ1) is 24.1. The third-order valence-electron chi connectivity index (χ3n) is 2.18. The molecular weight excluding hydrogens is 312 g/mol. The summed E-state index contributed by atoms with van der Waals surface area (Å²) in [4.78, 5) is 0. The van der Waals surface area contributed by atoms with Crippen LogP contribution in [-0.4, -0.2) is 52.9 Å². The quantitative estimate of drug-likeness (QED) is 0.438. The van der Waals surface area contributed by atoms with Crippen LogP contribution in [0.25, 0.3) is 0 Å². The van der Waals surface area contributed by atoms with Crippen LogP contribution in [0.3, 0.4) is 0 Å². The maximum Gasteiger partial charge on any atom is 0.0700 e. The molecule has 0 fully saturated rings. The fourth-order valence-corrected chi connectivity index (χ4v) is 1.12. The highest BCUT2D eigenvalue weighted by Crippen LogP contribution is 1.84. The van der Waals surface area contributed by atoms with E-state index < -0.39 is 0 Å². The van der Waals surface area contributed by atoms with Gasteiger partial charge in [-0.05, 0) is 0 Å². The van der Waals surface area contributed by atoms with Gasteiger partial charge in [-0.1, -0.05) is 0 Å². The molecule has 0 atom stereocenters. The monoisotopic (exact) mass is 336 g/mol. The molecule has 8 nitrogen and oxygen atoms in total. The minimum absolute atomic E-state index is 0.415. The van der Waals surface area contributed by atoms with Crippen LogP contribution in [0.2, 0.25) is 0 Å². The van der Waals surface area contributed by atoms with E-state index in [-0.39, 0.29) is 0 Å². The van der Waals surface area contributed by atoms with Crippen molar-refractivity contribution < 1.29 is 18.9 Å². The van der Waals surface area contributed by atoms with Crippen LogP contribution in [0.4, 0.5) is 0 Å². The Hall–Kier alpha value is -2.20. The predicted molar refractivity (Wildman–Crippen MR) is 84.2 cm³/mol. The highest BCUT2D eigenvalue weighted by molar-refractivity contribution is 4.68. The second-order valence-corrected chi connectivity index (χ2v) is 4.08. The van der Waals surface area contributed by atoms with Gasteiger partial charge in [-0.15, -0.1) is 0 Å². The molecule has 0 aliphatic carbocycles. The lowest BCUT2D eigenvalue weighted by Gasteiger charge is -2.01. The summed E-state index contributed by atoms with van der Waals surface area (Å²) in [7, 11) is 0. The Bertz CT molecular complexity index is 338. The highest BCUT2D eigenvalue weighted by Gasteiger charge is 1.89. The van der Waals surface area contributed by atoms with Crippen molar-refractivity contribution in [3.8, 4) is 24.3 Å². The SMILES string of the molecule is N#CCCOCCOCCC#N.N#CCCOCCOCCC#N. The Balaban J connectivity index is 0. The lowest BCUT2D eigenvalue weighted by Crippen LogP contribution is -2.05. The smallest absolute Gasteiger partial charge is 0.0700 e. The van der Waals surface area contributed by atoms with Crippen molar-refractivity contribution in [3.05, 3.63) is 0 Å². The van der Waals surface area contributed by atoms with Gasteiger partial charge < -0.3 is 18.9 Å². The van der Waals surface area contributed by atoms with Crippen molar-refractivity contribution in [2.45, 2.75) is 25.7 Å². The lowest BCUT2D eigenvalue weighted by atomic mass is 10.5. The number of rotatable bonds is 14. The van der Waals surface area contributed by atoms with Gasteiger partial charge >= 0.3 is 0 Å². The summed E-state index contributed by atoms with van der Waals surface area (Å²) in [5.41, 5.74) is 0. The van der Waals surface area contributed by atoms with E-state index in [4.69, 9.17) is 40.0 Å². The standard InChI is InChI=1S/2C8H12N2O2/c2*9-3-1-5-11-7-8-12-6-2-4-10/h2*1-2,5-8H2. The molecule has 24 heavy (non-hydrogen) atoms. The average molecular weight is 336 g/mol. The Kier molecular flexibility index (Phi) is 25.8. The van der Waals surface area contributed by atoms with Gasteiger partial charge in [0, 0.05) is 0 Å². The molecule has 0 unspecified atom stereocenters. The average Bonchev–Trinajstić information content (AvgIpc) is 2.60. The van der Waals surface area contributed by atoms with Crippen LogP contribution in [0.5, 0.6) is 0 Å². The lowest BCUT2D eigenvalue weighted by molar-refractivity contribution is 0.0520. The Labute approximate surface area is 143 Å². The summed E-state index contributed by atoms with van der Waals surface area (Å²) >= 11 is 0. The number of hydrogen-bond donors (Lipinski definition) is 0. The van der Waals surface area contributed by atoms with Gasteiger partial charge in [0.15, 0.2) is 0 Å². The molecule has 0 radical (unpaired) electrons. The van der Waals surface area contributed by atoms with Crippen LogP contribution in [0, 0.1) is 45.3 Å². The first-order chi connectivity index (χ1) is 11.8. The van der Waals surface area contributed by atoms with Gasteiger partial charge in [-0.2, -0.15) is 21.0 Å². The maximum absolute atomic E-state index is 8.14. The van der Waals surface area contributed by atoms with E-state index in [9.17, 15) is 0 Å². The molecule has 0 aromatic carbocycles. The molecule has 0 spiro atoms. The van der Waals surface area contributed by atoms with E-state index in [2.05, 4.69) is 0 Å². The number of ether oxygens (including phenoxy) is 4. The molecule has 0 aliphatic heterocycles. The highest BCUT2D eigenvalue weighted by atomic mass is 16.5. The van der Waals surface area contributed by atoms with Crippen molar-refractivity contribution >= 4 is 0 Å². The van der Waals surface area contributed by atoms with Crippen molar-refractivity contribution in [3.63, 3.8) is 0 Å². The van der Waals surface area contributed by atoms with E-state index in [1.165, 1.54) is 0 Å². The minimum atomic E-state index is 0.415. The van der Waals surface area contributed by atoms with Crippen molar-refractivity contribution in [1.82, 2.24) is 0 Å². The van der Waals surface area contributed by atoms with Gasteiger partial charge in [-0.25, -0.2) is 0 Å². The minimum Gasteiger partial charge on any atom is -0.378 e. The maximum atomic E-state index is 8.14. The summed E-state index contributed by atoms with van der Waals surface area (Å²) in [5.74, 6) is 0. The van der Waals surface area contributed by atoms with E-state index in [0.29, 0.717) is 78.5 Å². The molecule has 0 aliphatic rings. The van der Waals surface area contributed by atoms with Crippen LogP contribution in [-0.2, 0) is 18.9 Å². The molecule has 8 heteroatoms. The second-order valence-electron chi connectivity index (χ2n) is 4.08. The predicted octanol–water partition coefficient (Wildman–Crippen LogP) is 1.69. The zero-order valence-electron chi connectivity index (χ0n) is 13.9. The number of hydrogen-bond acceptors (Lipinski definition) is 8. The summed E-state index contributed by atoms with van der Waals surface area (Å²) < 4.78 is 20.1. The molecule has 0 N–H and O–H groups in total. The molecule has 0 rings (SSSR count).